The summed E-state index contributed by atoms with van der Waals surface area (Å²) >= 11 is 1.61. The summed E-state index contributed by atoms with van der Waals surface area (Å²) < 4.78 is 1.80. The van der Waals surface area contributed by atoms with Crippen molar-refractivity contribution in [3.05, 3.63) is 71.7 Å². The molecule has 0 aromatic carbocycles. The fourth-order valence-electron chi connectivity index (χ4n) is 7.26. The molecule has 3 aliphatic heterocycles. The van der Waals surface area contributed by atoms with Gasteiger partial charge in [-0.3, -0.25) is 24.8 Å². The van der Waals surface area contributed by atoms with Crippen molar-refractivity contribution in [3.63, 3.8) is 0 Å². The molecule has 8 heterocycles. The number of imide groups is 1. The molecule has 0 unspecified atom stereocenters. The topological polar surface area (TPSA) is 149 Å². The molecule has 3 aliphatic rings. The third kappa shape index (κ3) is 6.41. The quantitative estimate of drug-likeness (QED) is 0.247. The Labute approximate surface area is 293 Å². The third-order valence-corrected chi connectivity index (χ3v) is 11.2. The number of anilines is 2. The second kappa shape index (κ2) is 13.6. The number of carbonyl (C=O) groups is 2. The molecule has 254 valence electrons. The van der Waals surface area contributed by atoms with E-state index in [1.54, 1.807) is 28.2 Å². The van der Waals surface area contributed by atoms with Crippen molar-refractivity contribution in [2.24, 2.45) is 5.92 Å². The number of nitriles is 1. The fraction of sp³-hybridized carbons (Fsp3) is 0.389. The Bertz CT molecular complexity index is 2090. The van der Waals surface area contributed by atoms with Crippen LogP contribution in [0.5, 0.6) is 0 Å². The van der Waals surface area contributed by atoms with Gasteiger partial charge in [0.1, 0.15) is 11.9 Å². The second-order valence-electron chi connectivity index (χ2n) is 13.4. The van der Waals surface area contributed by atoms with E-state index >= 15 is 0 Å². The van der Waals surface area contributed by atoms with Crippen molar-refractivity contribution >= 4 is 39.6 Å². The van der Waals surface area contributed by atoms with Gasteiger partial charge in [-0.1, -0.05) is 17.4 Å². The summed E-state index contributed by atoms with van der Waals surface area (Å²) in [5.41, 5.74) is 5.98. The number of aromatic nitrogens is 6. The largest absolute Gasteiger partial charge is 0.357 e. The lowest BCUT2D eigenvalue weighted by molar-refractivity contribution is -0.134. The van der Waals surface area contributed by atoms with Crippen LogP contribution in [-0.4, -0.2) is 92.3 Å². The Kier molecular flexibility index (Phi) is 8.68. The number of fused-ring (bicyclic) bond motifs is 1. The maximum Gasteiger partial charge on any atom is 0.234 e. The van der Waals surface area contributed by atoms with Crippen LogP contribution in [0.15, 0.2) is 55.0 Å². The zero-order chi connectivity index (χ0) is 34.2. The molecule has 5 aromatic rings. The van der Waals surface area contributed by atoms with Crippen molar-refractivity contribution in [2.45, 2.75) is 38.5 Å². The molecule has 0 radical (unpaired) electrons. The van der Waals surface area contributed by atoms with Gasteiger partial charge < -0.3 is 9.80 Å². The van der Waals surface area contributed by atoms with Crippen LogP contribution in [0.1, 0.15) is 48.3 Å². The summed E-state index contributed by atoms with van der Waals surface area (Å²) in [4.78, 5) is 40.4. The number of nitrogens with zero attached hydrogens (tertiary/aromatic N) is 10. The Hall–Kier alpha value is -5.26. The summed E-state index contributed by atoms with van der Waals surface area (Å²) in [6, 6.07) is 13.9. The number of amides is 2. The smallest absolute Gasteiger partial charge is 0.234 e. The van der Waals surface area contributed by atoms with Crippen molar-refractivity contribution in [1.82, 2.24) is 40.0 Å². The van der Waals surface area contributed by atoms with Gasteiger partial charge in [0, 0.05) is 70.2 Å². The van der Waals surface area contributed by atoms with Crippen LogP contribution in [0.4, 0.5) is 10.9 Å². The molecule has 13 nitrogen and oxygen atoms in total. The zero-order valence-corrected chi connectivity index (χ0v) is 28.6. The van der Waals surface area contributed by atoms with Crippen molar-refractivity contribution in [3.8, 4) is 28.0 Å². The lowest BCUT2D eigenvalue weighted by Gasteiger charge is -2.39. The molecule has 14 heteroatoms. The van der Waals surface area contributed by atoms with E-state index in [2.05, 4.69) is 59.4 Å². The van der Waals surface area contributed by atoms with Crippen LogP contribution in [0.3, 0.4) is 0 Å². The fourth-order valence-corrected chi connectivity index (χ4v) is 8.23. The van der Waals surface area contributed by atoms with Gasteiger partial charge in [0.25, 0.3) is 0 Å². The minimum Gasteiger partial charge on any atom is -0.357 e. The number of carbonyl (C=O) groups excluding carboxylic acids is 2. The third-order valence-electron chi connectivity index (χ3n) is 10.2. The van der Waals surface area contributed by atoms with Gasteiger partial charge in [-0.25, -0.2) is 9.50 Å². The summed E-state index contributed by atoms with van der Waals surface area (Å²) in [6.45, 7) is 8.98. The first-order chi connectivity index (χ1) is 24.4. The average molecular weight is 688 g/mol. The van der Waals surface area contributed by atoms with Gasteiger partial charge in [0.05, 0.1) is 34.6 Å². The zero-order valence-electron chi connectivity index (χ0n) is 27.8. The van der Waals surface area contributed by atoms with E-state index in [9.17, 15) is 14.9 Å². The number of nitrogens with one attached hydrogen (secondary N) is 1. The van der Waals surface area contributed by atoms with Crippen LogP contribution in [0.2, 0.25) is 0 Å². The number of hydrogen-bond donors (Lipinski definition) is 1. The van der Waals surface area contributed by atoms with Crippen LogP contribution in [0, 0.1) is 24.2 Å². The highest BCUT2D eigenvalue weighted by Crippen LogP contribution is 2.33. The Balaban J connectivity index is 0.822. The predicted octanol–water partition coefficient (Wildman–Crippen LogP) is 4.05. The highest BCUT2D eigenvalue weighted by Gasteiger charge is 2.29. The van der Waals surface area contributed by atoms with E-state index in [-0.39, 0.29) is 17.7 Å². The van der Waals surface area contributed by atoms with E-state index in [4.69, 9.17) is 4.98 Å². The number of piperazine rings is 1. The van der Waals surface area contributed by atoms with Crippen LogP contribution in [-0.2, 0) is 9.59 Å². The van der Waals surface area contributed by atoms with Crippen LogP contribution >= 0.6 is 11.3 Å². The lowest BCUT2D eigenvalue weighted by Crippen LogP contribution is -2.49. The average Bonchev–Trinajstić information content (AvgIpc) is 3.80. The summed E-state index contributed by atoms with van der Waals surface area (Å²) in [7, 11) is 0. The Morgan fingerprint density at radius 1 is 0.920 bits per heavy atom. The molecule has 5 aromatic heterocycles. The first kappa shape index (κ1) is 32.0. The summed E-state index contributed by atoms with van der Waals surface area (Å²) in [5, 5.41) is 27.0. The van der Waals surface area contributed by atoms with E-state index < -0.39 is 0 Å². The molecule has 1 N–H and O–H groups in total. The van der Waals surface area contributed by atoms with Gasteiger partial charge in [0.15, 0.2) is 5.01 Å². The first-order valence-corrected chi connectivity index (χ1v) is 17.9. The predicted molar refractivity (Wildman–Crippen MR) is 190 cm³/mol. The standard InChI is InChI=1S/C36H37N11O2S/c1-23-16-30(31-5-3-27-17-25(18-37)19-40-47(27)31)38-21-29(23)35-42-43-36(50-35)46-14-12-44(13-15-46)22-24-8-10-45(11-9-24)32-6-2-26(20-39-32)28-4-7-33(48)41-34(28)49/h2-3,5-6,16-17,19-21,24,28H,4,7-15,22H2,1H3,(H,41,48,49)/t28-/m0/s1. The van der Waals surface area contributed by atoms with Crippen molar-refractivity contribution in [2.75, 3.05) is 55.6 Å². The number of rotatable bonds is 7. The van der Waals surface area contributed by atoms with Crippen molar-refractivity contribution < 1.29 is 9.59 Å². The molecule has 3 saturated heterocycles. The Morgan fingerprint density at radius 3 is 2.50 bits per heavy atom. The highest BCUT2D eigenvalue weighted by atomic mass is 32.1. The van der Waals surface area contributed by atoms with Crippen molar-refractivity contribution in [1.29, 1.82) is 5.26 Å². The molecule has 0 bridgehead atoms. The van der Waals surface area contributed by atoms with Crippen LogP contribution in [0.25, 0.3) is 27.5 Å². The lowest BCUT2D eigenvalue weighted by atomic mass is 9.91. The molecule has 50 heavy (non-hydrogen) atoms. The van der Waals surface area contributed by atoms with E-state index in [1.165, 1.54) is 0 Å². The maximum atomic E-state index is 12.2. The normalized spacial score (nSPS) is 19.2. The second-order valence-corrected chi connectivity index (χ2v) is 14.3. The van der Waals surface area contributed by atoms with Gasteiger partial charge in [0.2, 0.25) is 16.9 Å². The van der Waals surface area contributed by atoms with Gasteiger partial charge in [-0.05, 0) is 73.6 Å². The summed E-state index contributed by atoms with van der Waals surface area (Å²) in [5.74, 6) is 0.889. The van der Waals surface area contributed by atoms with E-state index in [1.807, 2.05) is 36.5 Å². The molecule has 0 saturated carbocycles. The number of hydrogen-bond acceptors (Lipinski definition) is 12. The SMILES string of the molecule is Cc1cc(-c2ccc3cc(C#N)cnn23)ncc1-c1nnc(N2CCN(CC3CCN(c4ccc([C@@H]5CCC(=O)NC5=O)cn4)CC3)CC2)s1. The van der Waals surface area contributed by atoms with Gasteiger partial charge in [-0.15, -0.1) is 10.2 Å². The molecule has 2 amide bonds. The van der Waals surface area contributed by atoms with E-state index in [0.29, 0.717) is 24.3 Å². The molecular weight excluding hydrogens is 651 g/mol. The Morgan fingerprint density at radius 2 is 1.76 bits per heavy atom. The maximum absolute atomic E-state index is 12.2. The molecule has 0 aliphatic carbocycles. The molecule has 1 atom stereocenters. The minimum absolute atomic E-state index is 0.196. The van der Waals surface area contributed by atoms with E-state index in [0.717, 1.165) is 108 Å². The molecule has 3 fully saturated rings. The molecule has 0 spiro atoms. The number of pyridine rings is 2. The molecule has 8 rings (SSSR count). The number of aryl methyl sites for hydroxylation is 1. The van der Waals surface area contributed by atoms with Crippen LogP contribution < -0.4 is 15.1 Å². The number of piperidine rings is 2. The monoisotopic (exact) mass is 687 g/mol. The first-order valence-electron chi connectivity index (χ1n) is 17.1. The summed E-state index contributed by atoms with van der Waals surface area (Å²) in [6.07, 6.45) is 8.40. The van der Waals surface area contributed by atoms with Gasteiger partial charge in [-0.2, -0.15) is 10.4 Å². The molecular formula is C36H37N11O2S. The van der Waals surface area contributed by atoms with Gasteiger partial charge >= 0.3 is 0 Å². The minimum atomic E-state index is -0.300. The highest BCUT2D eigenvalue weighted by molar-refractivity contribution is 7.18.